The Balaban J connectivity index is 2.60. The Morgan fingerprint density at radius 2 is 2.00 bits per heavy atom. The maximum absolute atomic E-state index is 5.37. The summed E-state index contributed by atoms with van der Waals surface area (Å²) in [4.78, 5) is 6.37. The van der Waals surface area contributed by atoms with E-state index < -0.39 is 0 Å². The van der Waals surface area contributed by atoms with E-state index in [0.717, 1.165) is 11.3 Å². The van der Waals surface area contributed by atoms with Gasteiger partial charge in [0.1, 0.15) is 7.05 Å². The zero-order chi connectivity index (χ0) is 14.0. The lowest BCUT2D eigenvalue weighted by atomic mass is 10.0. The van der Waals surface area contributed by atoms with Gasteiger partial charge in [-0.2, -0.15) is 4.57 Å². The van der Waals surface area contributed by atoms with Crippen LogP contribution in [-0.4, -0.2) is 26.2 Å². The minimum absolute atomic E-state index is 0.644. The number of hydrogen-bond acceptors (Lipinski definition) is 3. The van der Waals surface area contributed by atoms with E-state index >= 15 is 0 Å². The molecule has 0 spiro atoms. The summed E-state index contributed by atoms with van der Waals surface area (Å²) in [7, 11) is 7.73. The third-order valence-corrected chi connectivity index (χ3v) is 3.21. The van der Waals surface area contributed by atoms with Crippen LogP contribution in [0, 0.1) is 6.92 Å². The van der Waals surface area contributed by atoms with E-state index in [4.69, 9.17) is 4.74 Å². The van der Waals surface area contributed by atoms with Gasteiger partial charge in [-0.25, -0.2) is 4.98 Å². The van der Waals surface area contributed by atoms with Crippen molar-refractivity contribution in [1.82, 2.24) is 4.98 Å². The van der Waals surface area contributed by atoms with Crippen molar-refractivity contribution in [1.29, 1.82) is 0 Å². The lowest BCUT2D eigenvalue weighted by Gasteiger charge is -2.14. The van der Waals surface area contributed by atoms with E-state index in [1.807, 2.05) is 31.9 Å². The Bertz CT molecular complexity index is 594. The molecule has 0 fully saturated rings. The van der Waals surface area contributed by atoms with Crippen molar-refractivity contribution in [3.05, 3.63) is 36.2 Å². The fourth-order valence-corrected chi connectivity index (χ4v) is 2.13. The molecule has 100 valence electrons. The SMILES string of the molecule is COc1ncc[n+](C)c1-c1ccc(N(C)C)cc1C. The van der Waals surface area contributed by atoms with E-state index in [1.165, 1.54) is 11.3 Å². The van der Waals surface area contributed by atoms with Gasteiger partial charge in [-0.1, -0.05) is 0 Å². The van der Waals surface area contributed by atoms with Gasteiger partial charge in [0.05, 0.1) is 18.9 Å². The molecule has 0 radical (unpaired) electrons. The lowest BCUT2D eigenvalue weighted by Crippen LogP contribution is -2.31. The molecular weight excluding hydrogens is 238 g/mol. The largest absolute Gasteiger partial charge is 0.476 e. The van der Waals surface area contributed by atoms with Gasteiger partial charge < -0.3 is 9.64 Å². The molecule has 1 heterocycles. The highest BCUT2D eigenvalue weighted by atomic mass is 16.5. The predicted molar refractivity (Wildman–Crippen MR) is 76.5 cm³/mol. The summed E-state index contributed by atoms with van der Waals surface area (Å²) in [6, 6.07) is 6.39. The average Bonchev–Trinajstić information content (AvgIpc) is 2.38. The molecular formula is C15H20N3O+. The molecule has 0 saturated carbocycles. The summed E-state index contributed by atoms with van der Waals surface area (Å²) < 4.78 is 7.40. The summed E-state index contributed by atoms with van der Waals surface area (Å²) in [5, 5.41) is 0. The molecule has 0 N–H and O–H groups in total. The third-order valence-electron chi connectivity index (χ3n) is 3.21. The fourth-order valence-electron chi connectivity index (χ4n) is 2.13. The Morgan fingerprint density at radius 1 is 1.26 bits per heavy atom. The molecule has 1 aromatic heterocycles. The Labute approximate surface area is 114 Å². The second-order valence-electron chi connectivity index (χ2n) is 4.79. The molecule has 0 bridgehead atoms. The molecule has 0 amide bonds. The summed E-state index contributed by atoms with van der Waals surface area (Å²) in [6.07, 6.45) is 3.67. The molecule has 0 saturated heterocycles. The van der Waals surface area contributed by atoms with Crippen molar-refractivity contribution in [2.24, 2.45) is 7.05 Å². The molecule has 1 aromatic carbocycles. The van der Waals surface area contributed by atoms with E-state index in [1.54, 1.807) is 13.3 Å². The van der Waals surface area contributed by atoms with Crippen LogP contribution in [0.4, 0.5) is 5.69 Å². The number of benzene rings is 1. The van der Waals surface area contributed by atoms with Gasteiger partial charge in [-0.3, -0.25) is 0 Å². The minimum Gasteiger partial charge on any atom is -0.476 e. The second-order valence-corrected chi connectivity index (χ2v) is 4.79. The monoisotopic (exact) mass is 258 g/mol. The van der Waals surface area contributed by atoms with Crippen molar-refractivity contribution in [3.8, 4) is 17.1 Å². The number of nitrogens with zero attached hydrogens (tertiary/aromatic N) is 3. The minimum atomic E-state index is 0.644. The number of hydrogen-bond donors (Lipinski definition) is 0. The number of aryl methyl sites for hydroxylation is 2. The number of rotatable bonds is 3. The molecule has 0 aliphatic heterocycles. The zero-order valence-electron chi connectivity index (χ0n) is 12.1. The molecule has 0 aliphatic carbocycles. The number of aromatic nitrogens is 2. The van der Waals surface area contributed by atoms with Crippen molar-refractivity contribution in [2.75, 3.05) is 26.1 Å². The zero-order valence-corrected chi connectivity index (χ0v) is 12.1. The van der Waals surface area contributed by atoms with Crippen LogP contribution in [0.1, 0.15) is 5.56 Å². The maximum Gasteiger partial charge on any atom is 0.288 e. The van der Waals surface area contributed by atoms with E-state index in [2.05, 4.69) is 35.0 Å². The maximum atomic E-state index is 5.37. The van der Waals surface area contributed by atoms with Crippen molar-refractivity contribution >= 4 is 5.69 Å². The normalized spacial score (nSPS) is 10.4. The van der Waals surface area contributed by atoms with Crippen LogP contribution in [0.25, 0.3) is 11.3 Å². The van der Waals surface area contributed by atoms with Crippen LogP contribution in [0.2, 0.25) is 0 Å². The summed E-state index contributed by atoms with van der Waals surface area (Å²) in [5.41, 5.74) is 4.52. The quantitative estimate of drug-likeness (QED) is 0.788. The highest BCUT2D eigenvalue weighted by Gasteiger charge is 2.20. The number of methoxy groups -OCH3 is 1. The van der Waals surface area contributed by atoms with Gasteiger partial charge in [0.15, 0.2) is 6.20 Å². The number of ether oxygens (including phenoxy) is 1. The topological polar surface area (TPSA) is 29.2 Å². The smallest absolute Gasteiger partial charge is 0.288 e. The van der Waals surface area contributed by atoms with Crippen molar-refractivity contribution in [3.63, 3.8) is 0 Å². The first-order valence-corrected chi connectivity index (χ1v) is 6.21. The first-order valence-electron chi connectivity index (χ1n) is 6.21. The molecule has 0 aliphatic rings. The van der Waals surface area contributed by atoms with Crippen LogP contribution in [0.15, 0.2) is 30.6 Å². The molecule has 4 heteroatoms. The van der Waals surface area contributed by atoms with Crippen LogP contribution in [0.5, 0.6) is 5.88 Å². The van der Waals surface area contributed by atoms with Crippen LogP contribution >= 0.6 is 0 Å². The molecule has 19 heavy (non-hydrogen) atoms. The first-order chi connectivity index (χ1) is 9.04. The van der Waals surface area contributed by atoms with Gasteiger partial charge in [0.2, 0.25) is 0 Å². The van der Waals surface area contributed by atoms with E-state index in [-0.39, 0.29) is 0 Å². The molecule has 2 aromatic rings. The fraction of sp³-hybridized carbons (Fsp3) is 0.333. The predicted octanol–water partition coefficient (Wildman–Crippen LogP) is 1.96. The standard InChI is InChI=1S/C15H20N3O/c1-11-10-12(17(2)3)6-7-13(11)14-15(19-5)16-8-9-18(14)4/h6-10H,1-5H3/q+1. The van der Waals surface area contributed by atoms with Crippen LogP contribution in [-0.2, 0) is 7.05 Å². The number of anilines is 1. The average molecular weight is 258 g/mol. The van der Waals surface area contributed by atoms with Crippen molar-refractivity contribution in [2.45, 2.75) is 6.92 Å². The van der Waals surface area contributed by atoms with Gasteiger partial charge in [-0.05, 0) is 30.7 Å². The first kappa shape index (κ1) is 13.3. The van der Waals surface area contributed by atoms with E-state index in [9.17, 15) is 0 Å². The van der Waals surface area contributed by atoms with Gasteiger partial charge >= 0.3 is 0 Å². The van der Waals surface area contributed by atoms with Gasteiger partial charge in [-0.15, -0.1) is 0 Å². The second kappa shape index (κ2) is 5.26. The summed E-state index contributed by atoms with van der Waals surface area (Å²) in [6.45, 7) is 2.11. The Kier molecular flexibility index (Phi) is 3.69. The highest BCUT2D eigenvalue weighted by molar-refractivity contribution is 5.68. The Hall–Kier alpha value is -2.10. The van der Waals surface area contributed by atoms with E-state index in [0.29, 0.717) is 5.88 Å². The van der Waals surface area contributed by atoms with Crippen molar-refractivity contribution < 1.29 is 9.30 Å². The molecule has 4 nitrogen and oxygen atoms in total. The Morgan fingerprint density at radius 3 is 2.58 bits per heavy atom. The van der Waals surface area contributed by atoms with Gasteiger partial charge in [0.25, 0.3) is 11.6 Å². The molecule has 2 rings (SSSR count). The van der Waals surface area contributed by atoms with Gasteiger partial charge in [0, 0.05) is 19.8 Å². The molecule has 0 atom stereocenters. The summed E-state index contributed by atoms with van der Waals surface area (Å²) >= 11 is 0. The van der Waals surface area contributed by atoms with Crippen LogP contribution < -0.4 is 14.2 Å². The summed E-state index contributed by atoms with van der Waals surface area (Å²) in [5.74, 6) is 0.644. The lowest BCUT2D eigenvalue weighted by molar-refractivity contribution is -0.661. The third kappa shape index (κ3) is 2.52. The molecule has 0 unspecified atom stereocenters. The highest BCUT2D eigenvalue weighted by Crippen LogP contribution is 2.29. The van der Waals surface area contributed by atoms with Crippen LogP contribution in [0.3, 0.4) is 0 Å².